The van der Waals surface area contributed by atoms with Crippen LogP contribution in [0.4, 0.5) is 4.79 Å². The Morgan fingerprint density at radius 2 is 2.00 bits per heavy atom. The van der Waals surface area contributed by atoms with Gasteiger partial charge in [0.1, 0.15) is 11.6 Å². The SMILES string of the molecule is CC(C)(C)OC(=O)N1CCN2C(=O)CNC(=O)[C@H]2C1. The molecule has 0 aliphatic carbocycles. The van der Waals surface area contributed by atoms with Crippen molar-refractivity contribution in [3.63, 3.8) is 0 Å². The monoisotopic (exact) mass is 269 g/mol. The van der Waals surface area contributed by atoms with Crippen LogP contribution in [0.5, 0.6) is 0 Å². The molecule has 7 heteroatoms. The molecule has 0 bridgehead atoms. The minimum atomic E-state index is -0.595. The summed E-state index contributed by atoms with van der Waals surface area (Å²) in [5.41, 5.74) is -0.571. The minimum absolute atomic E-state index is 0.0434. The molecule has 3 amide bonds. The second kappa shape index (κ2) is 4.71. The summed E-state index contributed by atoms with van der Waals surface area (Å²) in [5, 5.41) is 2.53. The maximum absolute atomic E-state index is 11.9. The molecule has 0 aromatic carbocycles. The van der Waals surface area contributed by atoms with E-state index < -0.39 is 17.7 Å². The van der Waals surface area contributed by atoms with Crippen LogP contribution in [-0.2, 0) is 14.3 Å². The summed E-state index contributed by atoms with van der Waals surface area (Å²) in [6.07, 6.45) is -0.446. The molecule has 19 heavy (non-hydrogen) atoms. The van der Waals surface area contributed by atoms with E-state index in [1.54, 1.807) is 20.8 Å². The number of amides is 3. The molecule has 2 saturated heterocycles. The summed E-state index contributed by atoms with van der Waals surface area (Å²) in [6, 6.07) is -0.595. The summed E-state index contributed by atoms with van der Waals surface area (Å²) in [5.74, 6) is -0.318. The highest BCUT2D eigenvalue weighted by atomic mass is 16.6. The molecule has 1 N–H and O–H groups in total. The van der Waals surface area contributed by atoms with Gasteiger partial charge in [-0.25, -0.2) is 4.79 Å². The number of ether oxygens (including phenoxy) is 1. The quantitative estimate of drug-likeness (QED) is 0.647. The van der Waals surface area contributed by atoms with Gasteiger partial charge in [-0.3, -0.25) is 9.59 Å². The van der Waals surface area contributed by atoms with Gasteiger partial charge < -0.3 is 19.9 Å². The van der Waals surface area contributed by atoms with E-state index in [9.17, 15) is 14.4 Å². The van der Waals surface area contributed by atoms with Crippen molar-refractivity contribution in [1.29, 1.82) is 0 Å². The highest BCUT2D eigenvalue weighted by Gasteiger charge is 2.40. The molecule has 2 fully saturated rings. The van der Waals surface area contributed by atoms with Gasteiger partial charge in [-0.15, -0.1) is 0 Å². The largest absolute Gasteiger partial charge is 0.444 e. The van der Waals surface area contributed by atoms with Crippen LogP contribution >= 0.6 is 0 Å². The lowest BCUT2D eigenvalue weighted by atomic mass is 10.1. The molecule has 0 saturated carbocycles. The van der Waals surface area contributed by atoms with Gasteiger partial charge in [0, 0.05) is 13.1 Å². The van der Waals surface area contributed by atoms with Crippen LogP contribution < -0.4 is 5.32 Å². The van der Waals surface area contributed by atoms with E-state index in [0.29, 0.717) is 13.1 Å². The second-order valence-corrected chi connectivity index (χ2v) is 5.75. The number of piperazine rings is 2. The fraction of sp³-hybridized carbons (Fsp3) is 0.750. The average Bonchev–Trinajstić information content (AvgIpc) is 2.31. The molecule has 106 valence electrons. The van der Waals surface area contributed by atoms with E-state index in [1.165, 1.54) is 9.80 Å². The van der Waals surface area contributed by atoms with Gasteiger partial charge in [0.15, 0.2) is 0 Å². The summed E-state index contributed by atoms with van der Waals surface area (Å²) in [7, 11) is 0. The number of hydrogen-bond acceptors (Lipinski definition) is 4. The van der Waals surface area contributed by atoms with Crippen molar-refractivity contribution in [2.75, 3.05) is 26.2 Å². The Labute approximate surface area is 111 Å². The Morgan fingerprint density at radius 3 is 2.63 bits per heavy atom. The predicted octanol–water partition coefficient (Wildman–Crippen LogP) is -0.436. The zero-order chi connectivity index (χ0) is 14.2. The Bertz CT molecular complexity index is 416. The zero-order valence-corrected chi connectivity index (χ0v) is 11.4. The van der Waals surface area contributed by atoms with Gasteiger partial charge in [-0.2, -0.15) is 0 Å². The van der Waals surface area contributed by atoms with Crippen molar-refractivity contribution >= 4 is 17.9 Å². The first-order chi connectivity index (χ1) is 8.78. The van der Waals surface area contributed by atoms with E-state index in [1.807, 2.05) is 0 Å². The van der Waals surface area contributed by atoms with Crippen LogP contribution in [0.2, 0.25) is 0 Å². The molecule has 2 aliphatic rings. The van der Waals surface area contributed by atoms with Crippen molar-refractivity contribution in [3.8, 4) is 0 Å². The van der Waals surface area contributed by atoms with Crippen molar-refractivity contribution < 1.29 is 19.1 Å². The van der Waals surface area contributed by atoms with E-state index >= 15 is 0 Å². The number of hydrogen-bond donors (Lipinski definition) is 1. The highest BCUT2D eigenvalue weighted by molar-refractivity contribution is 5.95. The van der Waals surface area contributed by atoms with Crippen molar-refractivity contribution in [3.05, 3.63) is 0 Å². The summed E-state index contributed by atoms with van der Waals surface area (Å²) in [4.78, 5) is 38.3. The van der Waals surface area contributed by atoms with Crippen LogP contribution in [0.3, 0.4) is 0 Å². The van der Waals surface area contributed by atoms with Crippen LogP contribution in [0, 0.1) is 0 Å². The molecule has 2 rings (SSSR count). The lowest BCUT2D eigenvalue weighted by Crippen LogP contribution is -2.66. The average molecular weight is 269 g/mol. The smallest absolute Gasteiger partial charge is 0.410 e. The maximum Gasteiger partial charge on any atom is 0.410 e. The third kappa shape index (κ3) is 2.97. The lowest BCUT2D eigenvalue weighted by molar-refractivity contribution is -0.148. The standard InChI is InChI=1S/C12H19N3O4/c1-12(2,3)19-11(18)14-4-5-15-8(7-14)10(17)13-6-9(15)16/h8H,4-7H2,1-3H3,(H,13,17)/t8-/m1/s1. The third-order valence-corrected chi connectivity index (χ3v) is 3.07. The molecule has 2 aliphatic heterocycles. The number of fused-ring (bicyclic) bond motifs is 1. The number of rotatable bonds is 0. The number of carbonyl (C=O) groups excluding carboxylic acids is 3. The van der Waals surface area contributed by atoms with Crippen LogP contribution in [0.25, 0.3) is 0 Å². The second-order valence-electron chi connectivity index (χ2n) is 5.75. The molecule has 2 heterocycles. The fourth-order valence-corrected chi connectivity index (χ4v) is 2.18. The number of nitrogens with one attached hydrogen (secondary N) is 1. The minimum Gasteiger partial charge on any atom is -0.444 e. The van der Waals surface area contributed by atoms with Crippen molar-refractivity contribution in [1.82, 2.24) is 15.1 Å². The van der Waals surface area contributed by atoms with Gasteiger partial charge in [-0.05, 0) is 20.8 Å². The van der Waals surface area contributed by atoms with Gasteiger partial charge in [0.05, 0.1) is 13.1 Å². The third-order valence-electron chi connectivity index (χ3n) is 3.07. The predicted molar refractivity (Wildman–Crippen MR) is 66.3 cm³/mol. The molecule has 0 spiro atoms. The molecule has 1 atom stereocenters. The van der Waals surface area contributed by atoms with E-state index in [2.05, 4.69) is 5.32 Å². The van der Waals surface area contributed by atoms with E-state index in [-0.39, 0.29) is 24.9 Å². The van der Waals surface area contributed by atoms with Crippen LogP contribution in [0.15, 0.2) is 0 Å². The van der Waals surface area contributed by atoms with Crippen molar-refractivity contribution in [2.45, 2.75) is 32.4 Å². The summed E-state index contributed by atoms with van der Waals surface area (Å²) < 4.78 is 5.27. The van der Waals surface area contributed by atoms with E-state index in [0.717, 1.165) is 0 Å². The van der Waals surface area contributed by atoms with Gasteiger partial charge >= 0.3 is 6.09 Å². The van der Waals surface area contributed by atoms with Gasteiger partial charge in [-0.1, -0.05) is 0 Å². The molecular weight excluding hydrogens is 250 g/mol. The topological polar surface area (TPSA) is 79.0 Å². The summed E-state index contributed by atoms with van der Waals surface area (Å²) >= 11 is 0. The van der Waals surface area contributed by atoms with E-state index in [4.69, 9.17) is 4.74 Å². The molecule has 7 nitrogen and oxygen atoms in total. The molecule has 0 aromatic heterocycles. The molecule has 0 radical (unpaired) electrons. The fourth-order valence-electron chi connectivity index (χ4n) is 2.18. The highest BCUT2D eigenvalue weighted by Crippen LogP contribution is 2.16. The Hall–Kier alpha value is -1.79. The Balaban J connectivity index is 2.03. The summed E-state index contributed by atoms with van der Waals surface area (Å²) in [6.45, 7) is 6.36. The van der Waals surface area contributed by atoms with Crippen LogP contribution in [0.1, 0.15) is 20.8 Å². The maximum atomic E-state index is 11.9. The Morgan fingerprint density at radius 1 is 1.32 bits per heavy atom. The lowest BCUT2D eigenvalue weighted by Gasteiger charge is -2.42. The van der Waals surface area contributed by atoms with Crippen LogP contribution in [-0.4, -0.2) is 65.5 Å². The molecule has 0 unspecified atom stereocenters. The number of carbonyl (C=O) groups is 3. The molecular formula is C12H19N3O4. The van der Waals surface area contributed by atoms with Gasteiger partial charge in [0.2, 0.25) is 11.8 Å². The van der Waals surface area contributed by atoms with Crippen molar-refractivity contribution in [2.24, 2.45) is 0 Å². The molecule has 0 aromatic rings. The Kier molecular flexibility index (Phi) is 3.38. The zero-order valence-electron chi connectivity index (χ0n) is 11.4. The number of nitrogens with zero attached hydrogens (tertiary/aromatic N) is 2. The normalized spacial score (nSPS) is 23.8. The first kappa shape index (κ1) is 13.6. The van der Waals surface area contributed by atoms with Gasteiger partial charge in [0.25, 0.3) is 0 Å². The first-order valence-electron chi connectivity index (χ1n) is 6.33. The first-order valence-corrected chi connectivity index (χ1v) is 6.33.